The maximum absolute atomic E-state index is 13.3. The van der Waals surface area contributed by atoms with Gasteiger partial charge in [0.05, 0.1) is 20.4 Å². The quantitative estimate of drug-likeness (QED) is 0.664. The van der Waals surface area contributed by atoms with Crippen molar-refractivity contribution in [2.75, 3.05) is 0 Å². The lowest BCUT2D eigenvalue weighted by molar-refractivity contribution is -0.387. The molecule has 0 saturated heterocycles. The topological polar surface area (TPSA) is 63.4 Å². The molecular weight excluding hydrogens is 337 g/mol. The predicted molar refractivity (Wildman–Crippen MR) is 73.0 cm³/mol. The van der Waals surface area contributed by atoms with Gasteiger partial charge >= 0.3 is 0 Å². The molecule has 0 atom stereocenters. The second-order valence-electron chi connectivity index (χ2n) is 3.59. The van der Waals surface area contributed by atoms with Crippen molar-refractivity contribution in [2.24, 2.45) is 0 Å². The van der Waals surface area contributed by atoms with E-state index in [1.165, 1.54) is 18.2 Å². The highest BCUT2D eigenvalue weighted by Gasteiger charge is 2.18. The maximum atomic E-state index is 13.3. The lowest BCUT2D eigenvalue weighted by Crippen LogP contribution is -1.93. The van der Waals surface area contributed by atoms with Crippen molar-refractivity contribution in [3.05, 3.63) is 56.8 Å². The smallest absolute Gasteiger partial charge is 0.286 e. The van der Waals surface area contributed by atoms with Crippen molar-refractivity contribution in [1.29, 1.82) is 0 Å². The molecule has 7 heteroatoms. The van der Waals surface area contributed by atoms with Crippen LogP contribution in [0.15, 0.2) is 50.7 Å². The van der Waals surface area contributed by atoms with Crippen LogP contribution in [0.5, 0.6) is 5.75 Å². The van der Waals surface area contributed by atoms with Gasteiger partial charge in [-0.15, -0.1) is 0 Å². The zero-order chi connectivity index (χ0) is 14.0. The molecule has 2 rings (SSSR count). The summed E-state index contributed by atoms with van der Waals surface area (Å²) in [5, 5.41) is 20.1. The zero-order valence-corrected chi connectivity index (χ0v) is 11.7. The largest absolute Gasteiger partial charge is 0.508 e. The number of nitrogens with zero attached hydrogens (tertiary/aromatic N) is 1. The van der Waals surface area contributed by atoms with Crippen LogP contribution in [0, 0.1) is 15.9 Å². The van der Waals surface area contributed by atoms with Crippen LogP contribution >= 0.6 is 27.7 Å². The molecule has 0 fully saturated rings. The van der Waals surface area contributed by atoms with Gasteiger partial charge in [0, 0.05) is 4.90 Å². The molecule has 0 amide bonds. The highest BCUT2D eigenvalue weighted by molar-refractivity contribution is 9.10. The van der Waals surface area contributed by atoms with E-state index in [1.807, 2.05) is 0 Å². The number of rotatable bonds is 3. The van der Waals surface area contributed by atoms with Crippen molar-refractivity contribution in [2.45, 2.75) is 9.79 Å². The van der Waals surface area contributed by atoms with Gasteiger partial charge in [-0.05, 0) is 46.3 Å². The maximum Gasteiger partial charge on any atom is 0.286 e. The third-order valence-electron chi connectivity index (χ3n) is 2.26. The molecule has 0 radical (unpaired) electrons. The normalized spacial score (nSPS) is 10.4. The molecule has 4 nitrogen and oxygen atoms in total. The molecule has 1 N–H and O–H groups in total. The lowest BCUT2D eigenvalue weighted by Gasteiger charge is -2.05. The number of phenolic OH excluding ortho intramolecular Hbond substituents is 1. The van der Waals surface area contributed by atoms with Crippen LogP contribution in [0.2, 0.25) is 0 Å². The second-order valence-corrected chi connectivity index (χ2v) is 5.56. The Morgan fingerprint density at radius 3 is 2.47 bits per heavy atom. The fourth-order valence-electron chi connectivity index (χ4n) is 1.38. The molecule has 0 heterocycles. The monoisotopic (exact) mass is 343 g/mol. The minimum Gasteiger partial charge on any atom is -0.508 e. The SMILES string of the molecule is O=[N+]([O-])c1cc(F)c(Br)cc1Sc1ccc(O)cc1. The van der Waals surface area contributed by atoms with Crippen LogP contribution in [0.3, 0.4) is 0 Å². The Labute approximate surface area is 120 Å². The van der Waals surface area contributed by atoms with Gasteiger partial charge in [-0.3, -0.25) is 10.1 Å². The third kappa shape index (κ3) is 3.24. The van der Waals surface area contributed by atoms with E-state index < -0.39 is 10.7 Å². The average molecular weight is 344 g/mol. The summed E-state index contributed by atoms with van der Waals surface area (Å²) in [5.41, 5.74) is -0.293. The third-order valence-corrected chi connectivity index (χ3v) is 3.93. The van der Waals surface area contributed by atoms with Crippen LogP contribution in [-0.2, 0) is 0 Å². The van der Waals surface area contributed by atoms with E-state index in [1.54, 1.807) is 12.1 Å². The number of aromatic hydroxyl groups is 1. The number of nitro benzene ring substituents is 1. The molecule has 0 aliphatic heterocycles. The summed E-state index contributed by atoms with van der Waals surface area (Å²) in [6.45, 7) is 0. The summed E-state index contributed by atoms with van der Waals surface area (Å²) in [6.07, 6.45) is 0. The molecule has 19 heavy (non-hydrogen) atoms. The van der Waals surface area contributed by atoms with E-state index in [2.05, 4.69) is 15.9 Å². The van der Waals surface area contributed by atoms with Crippen LogP contribution in [0.25, 0.3) is 0 Å². The minimum atomic E-state index is -0.679. The fourth-order valence-corrected chi connectivity index (χ4v) is 2.82. The summed E-state index contributed by atoms with van der Waals surface area (Å²) in [4.78, 5) is 11.3. The summed E-state index contributed by atoms with van der Waals surface area (Å²) >= 11 is 4.13. The van der Waals surface area contributed by atoms with Gasteiger partial charge in [-0.2, -0.15) is 0 Å². The van der Waals surface area contributed by atoms with Crippen LogP contribution in [0.1, 0.15) is 0 Å². The molecule has 2 aromatic rings. The Balaban J connectivity index is 2.41. The Bertz CT molecular complexity index is 634. The summed E-state index contributed by atoms with van der Waals surface area (Å²) in [7, 11) is 0. The van der Waals surface area contributed by atoms with Crippen molar-refractivity contribution >= 4 is 33.4 Å². The molecule has 0 unspecified atom stereocenters. The Hall–Kier alpha value is -1.60. The van der Waals surface area contributed by atoms with E-state index in [9.17, 15) is 19.6 Å². The van der Waals surface area contributed by atoms with Crippen molar-refractivity contribution in [3.63, 3.8) is 0 Å². The first kappa shape index (κ1) is 13.8. The number of phenols is 1. The molecule has 0 spiro atoms. The number of hydrogen-bond acceptors (Lipinski definition) is 4. The molecule has 0 aromatic heterocycles. The number of benzene rings is 2. The van der Waals surface area contributed by atoms with E-state index in [4.69, 9.17) is 0 Å². The van der Waals surface area contributed by atoms with Crippen molar-refractivity contribution in [1.82, 2.24) is 0 Å². The van der Waals surface area contributed by atoms with Gasteiger partial charge < -0.3 is 5.11 Å². The number of nitro groups is 1. The van der Waals surface area contributed by atoms with Gasteiger partial charge in [0.2, 0.25) is 0 Å². The van der Waals surface area contributed by atoms with Crippen LogP contribution in [-0.4, -0.2) is 10.0 Å². The van der Waals surface area contributed by atoms with Crippen molar-refractivity contribution < 1.29 is 14.4 Å². The summed E-state index contributed by atoms with van der Waals surface area (Å²) in [6, 6.07) is 8.46. The van der Waals surface area contributed by atoms with Crippen LogP contribution in [0.4, 0.5) is 10.1 Å². The first-order valence-electron chi connectivity index (χ1n) is 5.07. The van der Waals surface area contributed by atoms with Gasteiger partial charge in [0.1, 0.15) is 11.6 Å². The Morgan fingerprint density at radius 2 is 1.89 bits per heavy atom. The highest BCUT2D eigenvalue weighted by Crippen LogP contribution is 2.38. The molecule has 0 bridgehead atoms. The lowest BCUT2D eigenvalue weighted by atomic mass is 10.3. The van der Waals surface area contributed by atoms with E-state index in [0.29, 0.717) is 9.79 Å². The van der Waals surface area contributed by atoms with E-state index >= 15 is 0 Å². The standard InChI is InChI=1S/C12H7BrFNO3S/c13-9-5-12(11(15(17)18)6-10(9)14)19-8-3-1-7(16)2-4-8/h1-6,16H. The molecule has 0 aliphatic carbocycles. The Morgan fingerprint density at radius 1 is 1.26 bits per heavy atom. The molecule has 0 aliphatic rings. The number of hydrogen-bond donors (Lipinski definition) is 1. The first-order chi connectivity index (χ1) is 8.97. The van der Waals surface area contributed by atoms with Crippen molar-refractivity contribution in [3.8, 4) is 5.75 Å². The van der Waals surface area contributed by atoms with Gasteiger partial charge in [0.15, 0.2) is 0 Å². The fraction of sp³-hybridized carbons (Fsp3) is 0. The molecule has 0 saturated carbocycles. The second kappa shape index (κ2) is 5.58. The Kier molecular flexibility index (Phi) is 4.06. The molecule has 98 valence electrons. The van der Waals surface area contributed by atoms with Gasteiger partial charge in [-0.25, -0.2) is 4.39 Å². The van der Waals surface area contributed by atoms with Gasteiger partial charge in [-0.1, -0.05) is 11.8 Å². The minimum absolute atomic E-state index is 0.110. The average Bonchev–Trinajstić information content (AvgIpc) is 2.36. The highest BCUT2D eigenvalue weighted by atomic mass is 79.9. The van der Waals surface area contributed by atoms with E-state index in [-0.39, 0.29) is 15.9 Å². The molecular formula is C12H7BrFNO3S. The zero-order valence-electron chi connectivity index (χ0n) is 9.34. The number of halogens is 2. The van der Waals surface area contributed by atoms with E-state index in [0.717, 1.165) is 17.8 Å². The summed E-state index contributed by atoms with van der Waals surface area (Å²) in [5.74, 6) is -0.569. The summed E-state index contributed by atoms with van der Waals surface area (Å²) < 4.78 is 13.5. The molecule has 2 aromatic carbocycles. The van der Waals surface area contributed by atoms with Gasteiger partial charge in [0.25, 0.3) is 5.69 Å². The van der Waals surface area contributed by atoms with Crippen LogP contribution < -0.4 is 0 Å². The first-order valence-corrected chi connectivity index (χ1v) is 6.68. The predicted octanol–water partition coefficient (Wildman–Crippen LogP) is 4.35.